The lowest BCUT2D eigenvalue weighted by Crippen LogP contribution is -2.04. The summed E-state index contributed by atoms with van der Waals surface area (Å²) in [7, 11) is 0. The maximum absolute atomic E-state index is 9.21. The molecule has 0 radical (unpaired) electrons. The van der Waals surface area contributed by atoms with Crippen molar-refractivity contribution in [2.75, 3.05) is 0 Å². The van der Waals surface area contributed by atoms with Crippen molar-refractivity contribution in [3.05, 3.63) is 41.0 Å². The van der Waals surface area contributed by atoms with Crippen LogP contribution < -0.4 is 0 Å². The Morgan fingerprint density at radius 3 is 2.76 bits per heavy atom. The topological polar surface area (TPSA) is 38.0 Å². The molecule has 0 aliphatic carbocycles. The third kappa shape index (κ3) is 2.35. The van der Waals surface area contributed by atoms with Gasteiger partial charge < -0.3 is 5.11 Å². The smallest absolute Gasteiger partial charge is 0.0696 e. The molecule has 0 aliphatic rings. The summed E-state index contributed by atoms with van der Waals surface area (Å²) in [6.07, 6.45) is 1.78. The first-order valence-corrected chi connectivity index (χ1v) is 5.94. The summed E-state index contributed by atoms with van der Waals surface area (Å²) in [5.74, 6) is 0. The number of hydrogen-bond acceptors (Lipinski definition) is 2. The van der Waals surface area contributed by atoms with Crippen molar-refractivity contribution in [2.24, 2.45) is 0 Å². The van der Waals surface area contributed by atoms with Gasteiger partial charge in [0.15, 0.2) is 0 Å². The van der Waals surface area contributed by atoms with Crippen LogP contribution in [0.3, 0.4) is 0 Å². The zero-order valence-electron chi connectivity index (χ0n) is 9.89. The lowest BCUT2D eigenvalue weighted by molar-refractivity contribution is 0.282. The number of nitrogens with zero attached hydrogens (tertiary/aromatic N) is 2. The summed E-state index contributed by atoms with van der Waals surface area (Å²) in [4.78, 5) is 0. The minimum atomic E-state index is -0.0531. The molecule has 0 spiro atoms. The number of aliphatic hydroxyl groups excluding tert-OH is 1. The van der Waals surface area contributed by atoms with E-state index in [9.17, 15) is 5.11 Å². The second kappa shape index (κ2) is 4.90. The molecule has 0 amide bonds. The minimum Gasteiger partial charge on any atom is -0.392 e. The van der Waals surface area contributed by atoms with E-state index in [1.165, 1.54) is 0 Å². The van der Waals surface area contributed by atoms with Gasteiger partial charge >= 0.3 is 0 Å². The van der Waals surface area contributed by atoms with E-state index >= 15 is 0 Å². The van der Waals surface area contributed by atoms with Gasteiger partial charge in [0.25, 0.3) is 0 Å². The van der Waals surface area contributed by atoms with Crippen molar-refractivity contribution >= 4 is 11.6 Å². The molecule has 0 bridgehead atoms. The second-order valence-electron chi connectivity index (χ2n) is 4.22. The zero-order valence-corrected chi connectivity index (χ0v) is 10.6. The van der Waals surface area contributed by atoms with E-state index in [0.29, 0.717) is 11.1 Å². The Hall–Kier alpha value is -1.32. The van der Waals surface area contributed by atoms with Gasteiger partial charge in [-0.2, -0.15) is 5.10 Å². The van der Waals surface area contributed by atoms with Gasteiger partial charge in [0, 0.05) is 22.8 Å². The fourth-order valence-electron chi connectivity index (χ4n) is 1.81. The summed E-state index contributed by atoms with van der Waals surface area (Å²) < 4.78 is 1.95. The molecule has 1 aromatic carbocycles. The summed E-state index contributed by atoms with van der Waals surface area (Å²) >= 11 is 5.98. The van der Waals surface area contributed by atoms with Gasteiger partial charge in [-0.15, -0.1) is 0 Å². The van der Waals surface area contributed by atoms with Gasteiger partial charge in [-0.1, -0.05) is 17.7 Å². The summed E-state index contributed by atoms with van der Waals surface area (Å²) in [5, 5.41) is 14.1. The largest absolute Gasteiger partial charge is 0.392 e. The van der Waals surface area contributed by atoms with Crippen LogP contribution in [-0.2, 0) is 6.61 Å². The fraction of sp³-hybridized carbons (Fsp3) is 0.308. The van der Waals surface area contributed by atoms with Crippen LogP contribution in [0.1, 0.15) is 25.5 Å². The minimum absolute atomic E-state index is 0.0531. The molecule has 0 fully saturated rings. The van der Waals surface area contributed by atoms with Crippen LogP contribution in [0, 0.1) is 0 Å². The van der Waals surface area contributed by atoms with Gasteiger partial charge in [-0.05, 0) is 37.6 Å². The van der Waals surface area contributed by atoms with Gasteiger partial charge in [0.1, 0.15) is 0 Å². The molecule has 90 valence electrons. The van der Waals surface area contributed by atoms with Crippen LogP contribution in [0.4, 0.5) is 0 Å². The van der Waals surface area contributed by atoms with Crippen LogP contribution in [-0.4, -0.2) is 14.9 Å². The van der Waals surface area contributed by atoms with E-state index in [4.69, 9.17) is 11.6 Å². The molecule has 0 saturated heterocycles. The number of hydrogen-bond donors (Lipinski definition) is 1. The summed E-state index contributed by atoms with van der Waals surface area (Å²) in [6, 6.07) is 7.91. The summed E-state index contributed by atoms with van der Waals surface area (Å²) in [5.41, 5.74) is 2.79. The Balaban J connectivity index is 2.49. The predicted octanol–water partition coefficient (Wildman–Crippen LogP) is 3.28. The number of rotatable bonds is 3. The van der Waals surface area contributed by atoms with Crippen molar-refractivity contribution in [3.63, 3.8) is 0 Å². The molecular weight excluding hydrogens is 236 g/mol. The van der Waals surface area contributed by atoms with Gasteiger partial charge in [0.2, 0.25) is 0 Å². The van der Waals surface area contributed by atoms with E-state index in [-0.39, 0.29) is 6.61 Å². The van der Waals surface area contributed by atoms with Crippen LogP contribution in [0.5, 0.6) is 0 Å². The number of aromatic nitrogens is 2. The van der Waals surface area contributed by atoms with E-state index < -0.39 is 0 Å². The van der Waals surface area contributed by atoms with Crippen LogP contribution >= 0.6 is 11.6 Å². The molecule has 2 rings (SSSR count). The standard InChI is InChI=1S/C13H15ClN2O/c1-9(2)16-13(5-6-15-16)10-3-4-12(14)11(7-10)8-17/h3-7,9,17H,8H2,1-2H3. The Kier molecular flexibility index (Phi) is 3.50. The monoisotopic (exact) mass is 250 g/mol. The maximum atomic E-state index is 9.21. The lowest BCUT2D eigenvalue weighted by atomic mass is 10.1. The number of halogens is 1. The predicted molar refractivity (Wildman–Crippen MR) is 69.0 cm³/mol. The molecule has 0 saturated carbocycles. The van der Waals surface area contributed by atoms with Gasteiger partial charge in [-0.25, -0.2) is 0 Å². The quantitative estimate of drug-likeness (QED) is 0.908. The van der Waals surface area contributed by atoms with Crippen molar-refractivity contribution < 1.29 is 5.11 Å². The average Bonchev–Trinajstić information content (AvgIpc) is 2.78. The first-order chi connectivity index (χ1) is 8.13. The first kappa shape index (κ1) is 12.1. The Labute approximate surface area is 106 Å². The van der Waals surface area contributed by atoms with Gasteiger partial charge in [-0.3, -0.25) is 4.68 Å². The number of aliphatic hydroxyl groups is 1. The molecule has 17 heavy (non-hydrogen) atoms. The highest BCUT2D eigenvalue weighted by Gasteiger charge is 2.09. The van der Waals surface area contributed by atoms with E-state index in [1.807, 2.05) is 22.9 Å². The second-order valence-corrected chi connectivity index (χ2v) is 4.63. The average molecular weight is 251 g/mol. The van der Waals surface area contributed by atoms with E-state index in [1.54, 1.807) is 12.3 Å². The Morgan fingerprint density at radius 2 is 2.12 bits per heavy atom. The molecule has 0 atom stereocenters. The van der Waals surface area contributed by atoms with E-state index in [0.717, 1.165) is 16.8 Å². The third-order valence-corrected chi connectivity index (χ3v) is 3.04. The molecule has 0 unspecified atom stereocenters. The fourth-order valence-corrected chi connectivity index (χ4v) is 1.99. The highest BCUT2D eigenvalue weighted by atomic mass is 35.5. The Bertz CT molecular complexity index is 520. The van der Waals surface area contributed by atoms with E-state index in [2.05, 4.69) is 18.9 Å². The van der Waals surface area contributed by atoms with Crippen molar-refractivity contribution in [3.8, 4) is 11.3 Å². The lowest BCUT2D eigenvalue weighted by Gasteiger charge is -2.12. The summed E-state index contributed by atoms with van der Waals surface area (Å²) in [6.45, 7) is 4.11. The molecule has 3 nitrogen and oxygen atoms in total. The molecule has 0 aliphatic heterocycles. The highest BCUT2D eigenvalue weighted by molar-refractivity contribution is 6.31. The number of benzene rings is 1. The zero-order chi connectivity index (χ0) is 12.4. The van der Waals surface area contributed by atoms with Crippen molar-refractivity contribution in [1.29, 1.82) is 0 Å². The first-order valence-electron chi connectivity index (χ1n) is 5.56. The molecular formula is C13H15ClN2O. The molecule has 4 heteroatoms. The van der Waals surface area contributed by atoms with Crippen LogP contribution in [0.2, 0.25) is 5.02 Å². The van der Waals surface area contributed by atoms with Crippen molar-refractivity contribution in [2.45, 2.75) is 26.5 Å². The van der Waals surface area contributed by atoms with Crippen LogP contribution in [0.15, 0.2) is 30.5 Å². The molecule has 1 aromatic heterocycles. The maximum Gasteiger partial charge on any atom is 0.0696 e. The third-order valence-electron chi connectivity index (χ3n) is 2.67. The van der Waals surface area contributed by atoms with Gasteiger partial charge in [0.05, 0.1) is 12.3 Å². The van der Waals surface area contributed by atoms with Crippen molar-refractivity contribution in [1.82, 2.24) is 9.78 Å². The molecule has 2 aromatic rings. The Morgan fingerprint density at radius 1 is 1.35 bits per heavy atom. The van der Waals surface area contributed by atoms with Crippen LogP contribution in [0.25, 0.3) is 11.3 Å². The molecule has 1 N–H and O–H groups in total. The molecule has 1 heterocycles. The highest BCUT2D eigenvalue weighted by Crippen LogP contribution is 2.26. The SMILES string of the molecule is CC(C)n1nccc1-c1ccc(Cl)c(CO)c1. The normalized spacial score (nSPS) is 11.1.